The summed E-state index contributed by atoms with van der Waals surface area (Å²) in [6.07, 6.45) is 0.456. The molecule has 1 aromatic rings. The van der Waals surface area contributed by atoms with Gasteiger partial charge in [-0.1, -0.05) is 18.2 Å². The number of hydrogen-bond acceptors (Lipinski definition) is 3. The number of aryl methyl sites for hydroxylation is 1. The average Bonchev–Trinajstić information content (AvgIpc) is 2.36. The van der Waals surface area contributed by atoms with Crippen molar-refractivity contribution >= 4 is 18.3 Å². The predicted molar refractivity (Wildman–Crippen MR) is 80.1 cm³/mol. The number of carbonyl (C=O) groups excluding carboxylic acids is 1. The highest BCUT2D eigenvalue weighted by Crippen LogP contribution is 2.17. The van der Waals surface area contributed by atoms with Crippen molar-refractivity contribution in [2.45, 2.75) is 26.4 Å². The number of benzene rings is 1. The van der Waals surface area contributed by atoms with Gasteiger partial charge in [-0.2, -0.15) is 0 Å². The minimum absolute atomic E-state index is 0. The summed E-state index contributed by atoms with van der Waals surface area (Å²) in [5, 5.41) is 5.79. The van der Waals surface area contributed by atoms with Crippen LogP contribution in [0.4, 0.5) is 0 Å². The highest BCUT2D eigenvalue weighted by atomic mass is 35.5. The zero-order valence-corrected chi connectivity index (χ0v) is 12.5. The van der Waals surface area contributed by atoms with Crippen LogP contribution in [0, 0.1) is 6.92 Å². The van der Waals surface area contributed by atoms with Crippen molar-refractivity contribution in [3.63, 3.8) is 0 Å². The summed E-state index contributed by atoms with van der Waals surface area (Å²) in [5.74, 6) is 0.916. The number of amides is 1. The Balaban J connectivity index is 0.00000324. The molecular weight excluding hydrogens is 264 g/mol. The van der Waals surface area contributed by atoms with Crippen molar-refractivity contribution in [1.82, 2.24) is 10.6 Å². The van der Waals surface area contributed by atoms with Crippen molar-refractivity contribution in [2.24, 2.45) is 0 Å². The third-order valence-corrected chi connectivity index (χ3v) is 2.61. The molecule has 0 radical (unpaired) electrons. The Labute approximate surface area is 121 Å². The van der Waals surface area contributed by atoms with Crippen molar-refractivity contribution < 1.29 is 9.53 Å². The minimum atomic E-state index is -0.0374. The molecule has 4 nitrogen and oxygen atoms in total. The number of halogens is 1. The van der Waals surface area contributed by atoms with Crippen molar-refractivity contribution in [3.8, 4) is 5.75 Å². The van der Waals surface area contributed by atoms with Gasteiger partial charge >= 0.3 is 0 Å². The molecule has 0 fully saturated rings. The second kappa shape index (κ2) is 9.64. The smallest absolute Gasteiger partial charge is 0.221 e. The third-order valence-electron chi connectivity index (χ3n) is 2.61. The van der Waals surface area contributed by atoms with Crippen LogP contribution < -0.4 is 15.4 Å². The van der Waals surface area contributed by atoms with E-state index in [1.54, 1.807) is 0 Å². The fourth-order valence-corrected chi connectivity index (χ4v) is 1.53. The number of rotatable bonds is 7. The van der Waals surface area contributed by atoms with E-state index < -0.39 is 0 Å². The SMILES string of the molecule is CNCCC(=O)NCC(C)Oc1ccccc1C.Cl. The van der Waals surface area contributed by atoms with E-state index in [0.717, 1.165) is 11.3 Å². The van der Waals surface area contributed by atoms with Gasteiger partial charge in [0, 0.05) is 13.0 Å². The molecule has 5 heteroatoms. The lowest BCUT2D eigenvalue weighted by Gasteiger charge is -2.16. The normalized spacial score (nSPS) is 11.3. The van der Waals surface area contributed by atoms with Crippen LogP contribution in [0.3, 0.4) is 0 Å². The number of ether oxygens (including phenoxy) is 1. The second-order valence-corrected chi connectivity index (χ2v) is 4.35. The Bertz CT molecular complexity index is 385. The van der Waals surface area contributed by atoms with E-state index in [1.807, 2.05) is 45.2 Å². The van der Waals surface area contributed by atoms with Crippen molar-refractivity contribution in [1.29, 1.82) is 0 Å². The molecule has 108 valence electrons. The molecule has 0 heterocycles. The fraction of sp³-hybridized carbons (Fsp3) is 0.500. The molecule has 1 atom stereocenters. The van der Waals surface area contributed by atoms with Gasteiger partial charge in [-0.25, -0.2) is 0 Å². The quantitative estimate of drug-likeness (QED) is 0.805. The molecule has 1 amide bonds. The summed E-state index contributed by atoms with van der Waals surface area (Å²) in [4.78, 5) is 11.4. The molecule has 0 aliphatic rings. The zero-order valence-electron chi connectivity index (χ0n) is 11.7. The Morgan fingerprint density at radius 3 is 2.68 bits per heavy atom. The monoisotopic (exact) mass is 286 g/mol. The third kappa shape index (κ3) is 7.03. The van der Waals surface area contributed by atoms with E-state index in [1.165, 1.54) is 0 Å². The Morgan fingerprint density at radius 1 is 1.37 bits per heavy atom. The number of para-hydroxylation sites is 1. The summed E-state index contributed by atoms with van der Waals surface area (Å²) in [5.41, 5.74) is 1.10. The molecule has 0 aromatic heterocycles. The Hall–Kier alpha value is -1.26. The molecule has 0 aliphatic carbocycles. The summed E-state index contributed by atoms with van der Waals surface area (Å²) < 4.78 is 5.77. The van der Waals surface area contributed by atoms with Gasteiger partial charge in [0.05, 0.1) is 6.54 Å². The first-order chi connectivity index (χ1) is 8.63. The molecule has 0 bridgehead atoms. The molecule has 2 N–H and O–H groups in total. The summed E-state index contributed by atoms with van der Waals surface area (Å²) in [6, 6.07) is 7.87. The second-order valence-electron chi connectivity index (χ2n) is 4.35. The first kappa shape index (κ1) is 17.7. The van der Waals surface area contributed by atoms with Crippen LogP contribution in [-0.2, 0) is 4.79 Å². The van der Waals surface area contributed by atoms with Gasteiger partial charge in [-0.05, 0) is 32.5 Å². The van der Waals surface area contributed by atoms with Crippen LogP contribution in [0.1, 0.15) is 18.9 Å². The summed E-state index contributed by atoms with van der Waals surface area (Å²) in [7, 11) is 1.83. The van der Waals surface area contributed by atoms with Crippen molar-refractivity contribution in [3.05, 3.63) is 29.8 Å². The largest absolute Gasteiger partial charge is 0.489 e. The molecule has 0 spiro atoms. The van der Waals surface area contributed by atoms with Crippen molar-refractivity contribution in [2.75, 3.05) is 20.1 Å². The molecule has 1 aromatic carbocycles. The zero-order chi connectivity index (χ0) is 13.4. The highest BCUT2D eigenvalue weighted by molar-refractivity contribution is 5.85. The molecule has 0 saturated carbocycles. The minimum Gasteiger partial charge on any atom is -0.489 e. The highest BCUT2D eigenvalue weighted by Gasteiger charge is 2.07. The van der Waals surface area contributed by atoms with Gasteiger partial charge in [-0.15, -0.1) is 12.4 Å². The standard InChI is InChI=1S/C14H22N2O2.ClH/c1-11-6-4-5-7-13(11)18-12(2)10-16-14(17)8-9-15-3;/h4-7,12,15H,8-10H2,1-3H3,(H,16,17);1H. The first-order valence-corrected chi connectivity index (χ1v) is 6.27. The molecule has 19 heavy (non-hydrogen) atoms. The number of nitrogens with one attached hydrogen (secondary N) is 2. The lowest BCUT2D eigenvalue weighted by atomic mass is 10.2. The lowest BCUT2D eigenvalue weighted by molar-refractivity contribution is -0.121. The van der Waals surface area contributed by atoms with Gasteiger partial charge in [0.1, 0.15) is 11.9 Å². The van der Waals surface area contributed by atoms with E-state index >= 15 is 0 Å². The van der Waals surface area contributed by atoms with Gasteiger partial charge < -0.3 is 15.4 Å². The fourth-order valence-electron chi connectivity index (χ4n) is 1.53. The lowest BCUT2D eigenvalue weighted by Crippen LogP contribution is -2.34. The summed E-state index contributed by atoms with van der Waals surface area (Å²) in [6.45, 7) is 5.17. The molecule has 0 saturated heterocycles. The van der Waals surface area contributed by atoms with Crippen LogP contribution >= 0.6 is 12.4 Å². The predicted octanol–water partition coefficient (Wildman–Crippen LogP) is 1.91. The maximum atomic E-state index is 11.4. The van der Waals surface area contributed by atoms with Gasteiger partial charge in [0.2, 0.25) is 5.91 Å². The molecule has 1 rings (SSSR count). The van der Waals surface area contributed by atoms with Crippen LogP contribution in [0.25, 0.3) is 0 Å². The topological polar surface area (TPSA) is 50.4 Å². The Kier molecular flexibility index (Phi) is 9.00. The maximum Gasteiger partial charge on any atom is 0.221 e. The number of hydrogen-bond donors (Lipinski definition) is 2. The van der Waals surface area contributed by atoms with Crippen LogP contribution in [0.15, 0.2) is 24.3 Å². The average molecular weight is 287 g/mol. The Morgan fingerprint density at radius 2 is 2.05 bits per heavy atom. The van der Waals surface area contributed by atoms with E-state index in [0.29, 0.717) is 19.5 Å². The van der Waals surface area contributed by atoms with E-state index in [9.17, 15) is 4.79 Å². The van der Waals surface area contributed by atoms with Crippen LogP contribution in [0.5, 0.6) is 5.75 Å². The van der Waals surface area contributed by atoms with E-state index in [-0.39, 0.29) is 24.4 Å². The van der Waals surface area contributed by atoms with E-state index in [4.69, 9.17) is 4.74 Å². The molecule has 1 unspecified atom stereocenters. The van der Waals surface area contributed by atoms with Crippen LogP contribution in [-0.4, -0.2) is 32.1 Å². The van der Waals surface area contributed by atoms with Crippen LogP contribution in [0.2, 0.25) is 0 Å². The molecular formula is C14H23ClN2O2. The maximum absolute atomic E-state index is 11.4. The van der Waals surface area contributed by atoms with Gasteiger partial charge in [-0.3, -0.25) is 4.79 Å². The van der Waals surface area contributed by atoms with Gasteiger partial charge in [0.25, 0.3) is 0 Å². The number of carbonyl (C=O) groups is 1. The van der Waals surface area contributed by atoms with Gasteiger partial charge in [0.15, 0.2) is 0 Å². The van der Waals surface area contributed by atoms with E-state index in [2.05, 4.69) is 10.6 Å². The molecule has 0 aliphatic heterocycles. The summed E-state index contributed by atoms with van der Waals surface area (Å²) >= 11 is 0. The first-order valence-electron chi connectivity index (χ1n) is 6.27.